The Hall–Kier alpha value is -4.24. The second-order valence-electron chi connectivity index (χ2n) is 6.37. The van der Waals surface area contributed by atoms with Crippen molar-refractivity contribution in [2.24, 2.45) is 5.10 Å². The quantitative estimate of drug-likeness (QED) is 0.326. The van der Waals surface area contributed by atoms with Crippen LogP contribution in [0.4, 0.5) is 0 Å². The molecule has 0 heterocycles. The second kappa shape index (κ2) is 11.1. The molecule has 0 saturated carbocycles. The number of ether oxygens (including phenoxy) is 3. The van der Waals surface area contributed by atoms with Gasteiger partial charge in [-0.1, -0.05) is 48.4 Å². The van der Waals surface area contributed by atoms with Crippen LogP contribution in [-0.4, -0.2) is 25.8 Å². The molecule has 6 heteroatoms. The molecular weight excluding hydrogens is 392 g/mol. The zero-order valence-electron chi connectivity index (χ0n) is 17.1. The number of carbonyl (C=O) groups excluding carboxylic acids is 1. The van der Waals surface area contributed by atoms with Gasteiger partial charge in [0.25, 0.3) is 5.91 Å². The number of benzene rings is 3. The van der Waals surface area contributed by atoms with E-state index in [1.807, 2.05) is 48.5 Å². The monoisotopic (exact) mass is 414 g/mol. The number of terminal acetylenes is 1. The molecule has 0 aliphatic heterocycles. The van der Waals surface area contributed by atoms with E-state index in [0.717, 1.165) is 5.56 Å². The summed E-state index contributed by atoms with van der Waals surface area (Å²) in [7, 11) is 1.53. The molecule has 0 bridgehead atoms. The van der Waals surface area contributed by atoms with E-state index in [0.29, 0.717) is 35.0 Å². The van der Waals surface area contributed by atoms with Crippen LogP contribution in [0.25, 0.3) is 0 Å². The lowest BCUT2D eigenvalue weighted by molar-refractivity contribution is 0.0954. The van der Waals surface area contributed by atoms with Crippen LogP contribution >= 0.6 is 0 Å². The van der Waals surface area contributed by atoms with Crippen molar-refractivity contribution in [2.75, 3.05) is 13.7 Å². The third-order valence-corrected chi connectivity index (χ3v) is 4.26. The van der Waals surface area contributed by atoms with Gasteiger partial charge in [-0.05, 0) is 35.9 Å². The Morgan fingerprint density at radius 1 is 1.00 bits per heavy atom. The number of methoxy groups -OCH3 is 1. The summed E-state index contributed by atoms with van der Waals surface area (Å²) >= 11 is 0. The SMILES string of the molecule is C#CCOc1ccccc1/C=N/NC(=O)c1ccc(OCc2ccccc2)c(OC)c1. The highest BCUT2D eigenvalue weighted by molar-refractivity contribution is 5.95. The van der Waals surface area contributed by atoms with Crippen molar-refractivity contribution in [1.82, 2.24) is 5.43 Å². The lowest BCUT2D eigenvalue weighted by Gasteiger charge is -2.12. The first-order valence-corrected chi connectivity index (χ1v) is 9.54. The van der Waals surface area contributed by atoms with Gasteiger partial charge in [-0.15, -0.1) is 6.42 Å². The van der Waals surface area contributed by atoms with E-state index in [-0.39, 0.29) is 12.5 Å². The fourth-order valence-electron chi connectivity index (χ4n) is 2.73. The Bertz CT molecular complexity index is 1090. The summed E-state index contributed by atoms with van der Waals surface area (Å²) in [5.41, 5.74) is 4.61. The molecule has 1 N–H and O–H groups in total. The van der Waals surface area contributed by atoms with Crippen LogP contribution in [0, 0.1) is 12.3 Å². The molecule has 0 aromatic heterocycles. The summed E-state index contributed by atoms with van der Waals surface area (Å²) < 4.78 is 16.7. The lowest BCUT2D eigenvalue weighted by Crippen LogP contribution is -2.17. The maximum atomic E-state index is 12.5. The second-order valence-corrected chi connectivity index (χ2v) is 6.37. The highest BCUT2D eigenvalue weighted by Gasteiger charge is 2.11. The van der Waals surface area contributed by atoms with Crippen LogP contribution in [-0.2, 0) is 6.61 Å². The van der Waals surface area contributed by atoms with Crippen LogP contribution in [0.3, 0.4) is 0 Å². The van der Waals surface area contributed by atoms with Gasteiger partial charge in [0, 0.05) is 11.1 Å². The molecular formula is C25H22N2O4. The number of hydrogen-bond donors (Lipinski definition) is 1. The highest BCUT2D eigenvalue weighted by Crippen LogP contribution is 2.29. The molecule has 156 valence electrons. The third kappa shape index (κ3) is 6.12. The van der Waals surface area contributed by atoms with E-state index in [1.165, 1.54) is 13.3 Å². The number of rotatable bonds is 9. The molecule has 3 aromatic rings. The van der Waals surface area contributed by atoms with Gasteiger partial charge in [0.15, 0.2) is 11.5 Å². The Morgan fingerprint density at radius 2 is 1.77 bits per heavy atom. The molecule has 0 aliphatic carbocycles. The van der Waals surface area contributed by atoms with E-state index >= 15 is 0 Å². The van der Waals surface area contributed by atoms with Crippen molar-refractivity contribution in [3.05, 3.63) is 89.5 Å². The zero-order valence-corrected chi connectivity index (χ0v) is 17.1. The number of amides is 1. The Balaban J connectivity index is 1.64. The molecule has 31 heavy (non-hydrogen) atoms. The van der Waals surface area contributed by atoms with Crippen LogP contribution < -0.4 is 19.6 Å². The van der Waals surface area contributed by atoms with Crippen molar-refractivity contribution in [3.63, 3.8) is 0 Å². The summed E-state index contributed by atoms with van der Waals surface area (Å²) in [5.74, 6) is 3.62. The van der Waals surface area contributed by atoms with Gasteiger partial charge in [-0.3, -0.25) is 4.79 Å². The van der Waals surface area contributed by atoms with E-state index in [4.69, 9.17) is 20.6 Å². The predicted octanol–water partition coefficient (Wildman–Crippen LogP) is 4.05. The summed E-state index contributed by atoms with van der Waals surface area (Å²) in [6, 6.07) is 22.0. The van der Waals surface area contributed by atoms with Crippen molar-refractivity contribution in [1.29, 1.82) is 0 Å². The van der Waals surface area contributed by atoms with E-state index < -0.39 is 0 Å². The molecule has 1 amide bonds. The molecule has 0 unspecified atom stereocenters. The number of hydrogen-bond acceptors (Lipinski definition) is 5. The minimum Gasteiger partial charge on any atom is -0.493 e. The smallest absolute Gasteiger partial charge is 0.271 e. The third-order valence-electron chi connectivity index (χ3n) is 4.26. The summed E-state index contributed by atoms with van der Waals surface area (Å²) in [6.45, 7) is 0.546. The van der Waals surface area contributed by atoms with Crippen LogP contribution in [0.1, 0.15) is 21.5 Å². The molecule has 0 saturated heterocycles. The highest BCUT2D eigenvalue weighted by atomic mass is 16.5. The first-order chi connectivity index (χ1) is 15.2. The maximum absolute atomic E-state index is 12.5. The van der Waals surface area contributed by atoms with E-state index in [9.17, 15) is 4.79 Å². The number of nitrogens with zero attached hydrogens (tertiary/aromatic N) is 1. The number of nitrogens with one attached hydrogen (secondary N) is 1. The molecule has 3 aromatic carbocycles. The van der Waals surface area contributed by atoms with Gasteiger partial charge in [0.2, 0.25) is 0 Å². The van der Waals surface area contributed by atoms with Gasteiger partial charge in [-0.25, -0.2) is 5.43 Å². The van der Waals surface area contributed by atoms with Gasteiger partial charge >= 0.3 is 0 Å². The van der Waals surface area contributed by atoms with Crippen molar-refractivity contribution in [3.8, 4) is 29.6 Å². The van der Waals surface area contributed by atoms with Crippen molar-refractivity contribution in [2.45, 2.75) is 6.61 Å². The predicted molar refractivity (Wildman–Crippen MR) is 120 cm³/mol. The van der Waals surface area contributed by atoms with Gasteiger partial charge in [0.05, 0.1) is 13.3 Å². The average Bonchev–Trinajstić information content (AvgIpc) is 2.82. The summed E-state index contributed by atoms with van der Waals surface area (Å²) in [4.78, 5) is 12.5. The minimum atomic E-state index is -0.383. The largest absolute Gasteiger partial charge is 0.493 e. The first-order valence-electron chi connectivity index (χ1n) is 9.54. The van der Waals surface area contributed by atoms with Gasteiger partial charge in [-0.2, -0.15) is 5.10 Å². The van der Waals surface area contributed by atoms with Crippen LogP contribution in [0.15, 0.2) is 77.9 Å². The molecule has 0 radical (unpaired) electrons. The molecule has 0 fully saturated rings. The Kier molecular flexibility index (Phi) is 7.67. The topological polar surface area (TPSA) is 69.2 Å². The van der Waals surface area contributed by atoms with Crippen LogP contribution in [0.5, 0.6) is 17.2 Å². The molecule has 0 atom stereocenters. The molecule has 3 rings (SSSR count). The molecule has 6 nitrogen and oxygen atoms in total. The molecule has 0 aliphatic rings. The zero-order chi connectivity index (χ0) is 21.9. The Labute approximate surface area is 181 Å². The fraction of sp³-hybridized carbons (Fsp3) is 0.120. The fourth-order valence-corrected chi connectivity index (χ4v) is 2.73. The lowest BCUT2D eigenvalue weighted by atomic mass is 10.2. The summed E-state index contributed by atoms with van der Waals surface area (Å²) in [6.07, 6.45) is 6.73. The van der Waals surface area contributed by atoms with Gasteiger partial charge < -0.3 is 14.2 Å². The van der Waals surface area contributed by atoms with E-state index in [2.05, 4.69) is 16.4 Å². The van der Waals surface area contributed by atoms with Crippen molar-refractivity contribution >= 4 is 12.1 Å². The Morgan fingerprint density at radius 3 is 2.55 bits per heavy atom. The average molecular weight is 414 g/mol. The number of para-hydroxylation sites is 1. The minimum absolute atomic E-state index is 0.149. The summed E-state index contributed by atoms with van der Waals surface area (Å²) in [5, 5.41) is 4.01. The first kappa shape index (κ1) is 21.5. The van der Waals surface area contributed by atoms with Crippen molar-refractivity contribution < 1.29 is 19.0 Å². The van der Waals surface area contributed by atoms with E-state index in [1.54, 1.807) is 24.3 Å². The normalized spacial score (nSPS) is 10.3. The maximum Gasteiger partial charge on any atom is 0.271 e. The molecule has 0 spiro atoms. The number of hydrazone groups is 1. The standard InChI is InChI=1S/C25H22N2O4/c1-3-15-30-22-12-8-7-11-21(22)17-26-27-25(28)20-13-14-23(24(16-20)29-2)31-18-19-9-5-4-6-10-19/h1,4-14,16-17H,15,18H2,2H3,(H,27,28)/b26-17+. The van der Waals surface area contributed by atoms with Crippen LogP contribution in [0.2, 0.25) is 0 Å². The van der Waals surface area contributed by atoms with Gasteiger partial charge in [0.1, 0.15) is 19.0 Å². The number of carbonyl (C=O) groups is 1.